The van der Waals surface area contributed by atoms with Gasteiger partial charge in [-0.2, -0.15) is 0 Å². The summed E-state index contributed by atoms with van der Waals surface area (Å²) in [5, 5.41) is 3.21. The Kier molecular flexibility index (Phi) is 4.55. The number of sulfonamides is 1. The zero-order chi connectivity index (χ0) is 13.7. The van der Waals surface area contributed by atoms with Gasteiger partial charge in [-0.3, -0.25) is 4.79 Å². The topological polar surface area (TPSA) is 75.3 Å². The van der Waals surface area contributed by atoms with Crippen LogP contribution in [0.4, 0.5) is 0 Å². The summed E-state index contributed by atoms with van der Waals surface area (Å²) >= 11 is 0. The molecule has 104 valence electrons. The van der Waals surface area contributed by atoms with E-state index in [1.54, 1.807) is 18.2 Å². The van der Waals surface area contributed by atoms with Crippen LogP contribution < -0.4 is 10.0 Å². The molecule has 0 aliphatic carbocycles. The zero-order valence-corrected chi connectivity index (χ0v) is 11.4. The molecular formula is C13H18N2O3S. The van der Waals surface area contributed by atoms with Crippen LogP contribution in [0.25, 0.3) is 0 Å². The molecule has 0 aromatic heterocycles. The van der Waals surface area contributed by atoms with Gasteiger partial charge >= 0.3 is 0 Å². The predicted octanol–water partition coefficient (Wildman–Crippen LogP) is 0.881. The van der Waals surface area contributed by atoms with Crippen molar-refractivity contribution in [2.75, 3.05) is 13.1 Å². The summed E-state index contributed by atoms with van der Waals surface area (Å²) in [6.45, 7) is 1.75. The highest BCUT2D eigenvalue weighted by atomic mass is 32.2. The van der Waals surface area contributed by atoms with Gasteiger partial charge in [0.2, 0.25) is 5.91 Å². The first-order valence-corrected chi connectivity index (χ1v) is 7.87. The Labute approximate surface area is 113 Å². The Balaban J connectivity index is 1.94. The Bertz CT molecular complexity index is 522. The maximum absolute atomic E-state index is 11.9. The standard InChI is InChI=1S/C13H18N2O3S/c16-13(9-11-5-4-8-14-10-11)15-19(17,18)12-6-2-1-3-7-12/h1-3,6-7,11,14H,4-5,8-10H2,(H,15,16). The smallest absolute Gasteiger partial charge is 0.264 e. The molecule has 1 atom stereocenters. The lowest BCUT2D eigenvalue weighted by atomic mass is 9.96. The minimum atomic E-state index is -3.73. The van der Waals surface area contributed by atoms with Gasteiger partial charge in [-0.05, 0) is 44.0 Å². The average molecular weight is 282 g/mol. The van der Waals surface area contributed by atoms with Crippen LogP contribution in [0.5, 0.6) is 0 Å². The third-order valence-corrected chi connectivity index (χ3v) is 4.56. The molecule has 1 aromatic rings. The molecule has 6 heteroatoms. The molecule has 2 rings (SSSR count). The van der Waals surface area contributed by atoms with E-state index < -0.39 is 15.9 Å². The minimum absolute atomic E-state index is 0.116. The molecule has 1 aromatic carbocycles. The van der Waals surface area contributed by atoms with Crippen LogP contribution in [0.15, 0.2) is 35.2 Å². The van der Waals surface area contributed by atoms with E-state index in [-0.39, 0.29) is 17.2 Å². The Morgan fingerprint density at radius 2 is 2.05 bits per heavy atom. The van der Waals surface area contributed by atoms with E-state index >= 15 is 0 Å². The van der Waals surface area contributed by atoms with Crippen LogP contribution in [0, 0.1) is 5.92 Å². The molecular weight excluding hydrogens is 264 g/mol. The van der Waals surface area contributed by atoms with Crippen LogP contribution in [0.1, 0.15) is 19.3 Å². The fourth-order valence-corrected chi connectivity index (χ4v) is 3.23. The van der Waals surface area contributed by atoms with E-state index in [1.807, 2.05) is 0 Å². The number of piperidine rings is 1. The van der Waals surface area contributed by atoms with Gasteiger partial charge in [0.25, 0.3) is 10.0 Å². The lowest BCUT2D eigenvalue weighted by Gasteiger charge is -2.21. The van der Waals surface area contributed by atoms with Crippen molar-refractivity contribution in [2.24, 2.45) is 5.92 Å². The van der Waals surface area contributed by atoms with Crippen LogP contribution in [-0.2, 0) is 14.8 Å². The minimum Gasteiger partial charge on any atom is -0.316 e. The molecule has 1 aliphatic heterocycles. The normalized spacial score (nSPS) is 19.9. The van der Waals surface area contributed by atoms with E-state index in [2.05, 4.69) is 10.0 Å². The molecule has 0 bridgehead atoms. The van der Waals surface area contributed by atoms with Crippen molar-refractivity contribution in [3.8, 4) is 0 Å². The molecule has 2 N–H and O–H groups in total. The number of carbonyl (C=O) groups excluding carboxylic acids is 1. The third kappa shape index (κ3) is 4.04. The molecule has 19 heavy (non-hydrogen) atoms. The van der Waals surface area contributed by atoms with E-state index in [0.717, 1.165) is 25.9 Å². The summed E-state index contributed by atoms with van der Waals surface area (Å²) < 4.78 is 26.0. The highest BCUT2D eigenvalue weighted by Crippen LogP contribution is 2.14. The SMILES string of the molecule is O=C(CC1CCCNC1)NS(=O)(=O)c1ccccc1. The lowest BCUT2D eigenvalue weighted by Crippen LogP contribution is -2.36. The van der Waals surface area contributed by atoms with Gasteiger partial charge in [-0.15, -0.1) is 0 Å². The van der Waals surface area contributed by atoms with Crippen molar-refractivity contribution in [3.63, 3.8) is 0 Å². The fourth-order valence-electron chi connectivity index (χ4n) is 2.21. The van der Waals surface area contributed by atoms with Crippen molar-refractivity contribution in [1.82, 2.24) is 10.0 Å². The Hall–Kier alpha value is -1.40. The largest absolute Gasteiger partial charge is 0.316 e. The average Bonchev–Trinajstić information content (AvgIpc) is 2.40. The molecule has 1 amide bonds. The van der Waals surface area contributed by atoms with Gasteiger partial charge in [0.15, 0.2) is 0 Å². The van der Waals surface area contributed by atoms with Gasteiger partial charge < -0.3 is 5.32 Å². The highest BCUT2D eigenvalue weighted by molar-refractivity contribution is 7.90. The second-order valence-electron chi connectivity index (χ2n) is 4.76. The van der Waals surface area contributed by atoms with Crippen LogP contribution in [-0.4, -0.2) is 27.4 Å². The maximum Gasteiger partial charge on any atom is 0.264 e. The number of hydrogen-bond acceptors (Lipinski definition) is 4. The number of amides is 1. The van der Waals surface area contributed by atoms with Crippen LogP contribution >= 0.6 is 0 Å². The van der Waals surface area contributed by atoms with E-state index in [0.29, 0.717) is 0 Å². The summed E-state index contributed by atoms with van der Waals surface area (Å²) in [6, 6.07) is 7.93. The van der Waals surface area contributed by atoms with Gasteiger partial charge in [0.1, 0.15) is 0 Å². The number of rotatable bonds is 4. The number of benzene rings is 1. The molecule has 5 nitrogen and oxygen atoms in total. The van der Waals surface area contributed by atoms with E-state index in [9.17, 15) is 13.2 Å². The summed E-state index contributed by atoms with van der Waals surface area (Å²) in [6.07, 6.45) is 2.24. The van der Waals surface area contributed by atoms with Crippen molar-refractivity contribution >= 4 is 15.9 Å². The van der Waals surface area contributed by atoms with Crippen molar-refractivity contribution in [2.45, 2.75) is 24.2 Å². The molecule has 1 saturated heterocycles. The molecule has 1 fully saturated rings. The fraction of sp³-hybridized carbons (Fsp3) is 0.462. The zero-order valence-electron chi connectivity index (χ0n) is 10.6. The summed E-state index contributed by atoms with van der Waals surface area (Å²) in [5.74, 6) is -0.211. The monoisotopic (exact) mass is 282 g/mol. The lowest BCUT2D eigenvalue weighted by molar-refractivity contribution is -0.120. The van der Waals surface area contributed by atoms with Gasteiger partial charge in [-0.1, -0.05) is 18.2 Å². The quantitative estimate of drug-likeness (QED) is 0.859. The van der Waals surface area contributed by atoms with Crippen molar-refractivity contribution in [1.29, 1.82) is 0 Å². The Morgan fingerprint density at radius 1 is 1.32 bits per heavy atom. The van der Waals surface area contributed by atoms with Crippen molar-refractivity contribution in [3.05, 3.63) is 30.3 Å². The molecule has 1 aliphatic rings. The molecule has 0 spiro atoms. The molecule has 1 heterocycles. The maximum atomic E-state index is 11.9. The number of nitrogens with one attached hydrogen (secondary N) is 2. The van der Waals surface area contributed by atoms with Crippen LogP contribution in [0.2, 0.25) is 0 Å². The molecule has 1 unspecified atom stereocenters. The van der Waals surface area contributed by atoms with E-state index in [1.165, 1.54) is 12.1 Å². The summed E-state index contributed by atoms with van der Waals surface area (Å²) in [5.41, 5.74) is 0. The van der Waals surface area contributed by atoms with Crippen LogP contribution in [0.3, 0.4) is 0 Å². The third-order valence-electron chi connectivity index (χ3n) is 3.17. The van der Waals surface area contributed by atoms with Crippen molar-refractivity contribution < 1.29 is 13.2 Å². The molecule has 0 saturated carbocycles. The predicted molar refractivity (Wildman–Crippen MR) is 72.0 cm³/mol. The second kappa shape index (κ2) is 6.16. The highest BCUT2D eigenvalue weighted by Gasteiger charge is 2.21. The molecule has 0 radical (unpaired) electrons. The van der Waals surface area contributed by atoms with E-state index in [4.69, 9.17) is 0 Å². The second-order valence-corrected chi connectivity index (χ2v) is 6.44. The number of carbonyl (C=O) groups is 1. The summed E-state index contributed by atoms with van der Waals surface area (Å²) in [4.78, 5) is 11.9. The van der Waals surface area contributed by atoms with Gasteiger partial charge in [0, 0.05) is 6.42 Å². The first-order chi connectivity index (χ1) is 9.08. The first-order valence-electron chi connectivity index (χ1n) is 6.39. The number of hydrogen-bond donors (Lipinski definition) is 2. The van der Waals surface area contributed by atoms with Gasteiger partial charge in [0.05, 0.1) is 4.90 Å². The van der Waals surface area contributed by atoms with Gasteiger partial charge in [-0.25, -0.2) is 13.1 Å². The Morgan fingerprint density at radius 3 is 2.68 bits per heavy atom. The first kappa shape index (κ1) is 14.0. The summed E-state index contributed by atoms with van der Waals surface area (Å²) in [7, 11) is -3.73.